The van der Waals surface area contributed by atoms with E-state index in [1.807, 2.05) is 0 Å². The van der Waals surface area contributed by atoms with Crippen LogP contribution in [-0.4, -0.2) is 44.2 Å². The molecule has 2 aliphatic carbocycles. The third-order valence-electron chi connectivity index (χ3n) is 5.66. The number of hydrogen-bond acceptors (Lipinski definition) is 4. The third-order valence-corrected chi connectivity index (χ3v) is 7.44. The number of halogens is 4. The number of carbonyl (C=O) groups excluding carboxylic acids is 1. The number of amides is 1. The first-order valence-electron chi connectivity index (χ1n) is 8.91. The summed E-state index contributed by atoms with van der Waals surface area (Å²) in [6.07, 6.45) is 1.40. The van der Waals surface area contributed by atoms with Crippen molar-refractivity contribution in [3.63, 3.8) is 0 Å². The smallest absolute Gasteiger partial charge is 0.304 e. The number of alkyl halides is 2. The summed E-state index contributed by atoms with van der Waals surface area (Å²) >= 11 is 6.03. The minimum Gasteiger partial charge on any atom is -0.492 e. The number of rotatable bonds is 6. The van der Waals surface area contributed by atoms with Gasteiger partial charge in [-0.15, -0.1) is 0 Å². The zero-order chi connectivity index (χ0) is 20.3. The number of hydrogen-bond donors (Lipinski definition) is 1. The second-order valence-corrected chi connectivity index (χ2v) is 9.57. The van der Waals surface area contributed by atoms with Crippen LogP contribution in [0, 0.1) is 23.6 Å². The summed E-state index contributed by atoms with van der Waals surface area (Å²) in [4.78, 5) is 12.1. The van der Waals surface area contributed by atoms with Gasteiger partial charge in [-0.2, -0.15) is 12.7 Å². The van der Waals surface area contributed by atoms with Gasteiger partial charge in [0.05, 0.1) is 17.2 Å². The molecular formula is C17H18ClF3N2O4S. The van der Waals surface area contributed by atoms with Crippen molar-refractivity contribution in [1.82, 2.24) is 9.03 Å². The topological polar surface area (TPSA) is 75.7 Å². The molecule has 1 aliphatic heterocycles. The lowest BCUT2D eigenvalue weighted by molar-refractivity contribution is 0.0580. The second kappa shape index (κ2) is 6.77. The largest absolute Gasteiger partial charge is 0.492 e. The standard InChI is InChI=1S/C17H18ClF3N2O4S/c18-13-6-10(16(24)22-28(25,26)23-2-1-3-23)14(19)7-15(13)27-8-9-4-11-12(5-9)17(11,20)21/h6-7,9,11-12H,1-5,8H2,(H,22,24). The highest BCUT2D eigenvalue weighted by Crippen LogP contribution is 2.65. The first-order chi connectivity index (χ1) is 13.1. The van der Waals surface area contributed by atoms with E-state index in [2.05, 4.69) is 0 Å². The lowest BCUT2D eigenvalue weighted by Gasteiger charge is -2.29. The molecule has 0 aromatic heterocycles. The summed E-state index contributed by atoms with van der Waals surface area (Å²) in [6.45, 7) is 0.720. The second-order valence-electron chi connectivity index (χ2n) is 7.49. The van der Waals surface area contributed by atoms with Gasteiger partial charge in [0.2, 0.25) is 0 Å². The summed E-state index contributed by atoms with van der Waals surface area (Å²) in [6, 6.07) is 1.89. The molecule has 3 aliphatic rings. The van der Waals surface area contributed by atoms with Gasteiger partial charge in [-0.1, -0.05) is 11.6 Å². The molecule has 1 saturated heterocycles. The van der Waals surface area contributed by atoms with E-state index in [1.165, 1.54) is 0 Å². The highest BCUT2D eigenvalue weighted by Gasteiger charge is 2.71. The van der Waals surface area contributed by atoms with Crippen LogP contribution in [-0.2, 0) is 10.2 Å². The van der Waals surface area contributed by atoms with Gasteiger partial charge in [0.1, 0.15) is 11.6 Å². The number of carbonyl (C=O) groups is 1. The van der Waals surface area contributed by atoms with Crippen molar-refractivity contribution < 1.29 is 31.1 Å². The molecule has 1 aromatic carbocycles. The molecule has 4 rings (SSSR count). The van der Waals surface area contributed by atoms with Crippen LogP contribution in [0.1, 0.15) is 29.6 Å². The SMILES string of the molecule is O=C(NS(=O)(=O)N1CCC1)c1cc(Cl)c(OCC2CC3C(C2)C3(F)F)cc1F. The number of nitrogens with one attached hydrogen (secondary N) is 1. The van der Waals surface area contributed by atoms with E-state index in [1.54, 1.807) is 4.72 Å². The molecule has 6 nitrogen and oxygen atoms in total. The molecule has 0 spiro atoms. The van der Waals surface area contributed by atoms with Crippen LogP contribution in [0.5, 0.6) is 5.75 Å². The zero-order valence-electron chi connectivity index (χ0n) is 14.6. The van der Waals surface area contributed by atoms with Gasteiger partial charge in [0.15, 0.2) is 0 Å². The zero-order valence-corrected chi connectivity index (χ0v) is 16.2. The maximum atomic E-state index is 14.3. The highest BCUT2D eigenvalue weighted by molar-refractivity contribution is 7.87. The van der Waals surface area contributed by atoms with Gasteiger partial charge >= 0.3 is 10.2 Å². The van der Waals surface area contributed by atoms with E-state index < -0.39 is 45.3 Å². The normalized spacial score (nSPS) is 28.4. The molecule has 2 saturated carbocycles. The van der Waals surface area contributed by atoms with Crippen LogP contribution in [0.15, 0.2) is 12.1 Å². The Bertz CT molecular complexity index is 909. The van der Waals surface area contributed by atoms with Gasteiger partial charge in [0, 0.05) is 31.0 Å². The van der Waals surface area contributed by atoms with E-state index >= 15 is 0 Å². The Morgan fingerprint density at radius 1 is 1.29 bits per heavy atom. The van der Waals surface area contributed by atoms with E-state index in [-0.39, 0.29) is 23.3 Å². The molecule has 154 valence electrons. The van der Waals surface area contributed by atoms with Gasteiger partial charge in [-0.25, -0.2) is 17.9 Å². The molecule has 3 fully saturated rings. The fourth-order valence-corrected chi connectivity index (χ4v) is 5.27. The first-order valence-corrected chi connectivity index (χ1v) is 10.7. The van der Waals surface area contributed by atoms with Crippen molar-refractivity contribution in [2.24, 2.45) is 17.8 Å². The summed E-state index contributed by atoms with van der Waals surface area (Å²) in [5.41, 5.74) is -0.525. The Labute approximate surface area is 165 Å². The van der Waals surface area contributed by atoms with Gasteiger partial charge in [0.25, 0.3) is 11.8 Å². The molecule has 28 heavy (non-hydrogen) atoms. The fraction of sp³-hybridized carbons (Fsp3) is 0.588. The van der Waals surface area contributed by atoms with Crippen molar-refractivity contribution in [1.29, 1.82) is 0 Å². The van der Waals surface area contributed by atoms with Crippen LogP contribution in [0.3, 0.4) is 0 Å². The van der Waals surface area contributed by atoms with Gasteiger partial charge in [-0.05, 0) is 31.2 Å². The van der Waals surface area contributed by atoms with Crippen molar-refractivity contribution in [3.05, 3.63) is 28.5 Å². The molecule has 2 unspecified atom stereocenters. The summed E-state index contributed by atoms with van der Waals surface area (Å²) in [5.74, 6) is -5.94. The molecule has 1 heterocycles. The Balaban J connectivity index is 1.38. The van der Waals surface area contributed by atoms with E-state index in [0.29, 0.717) is 32.4 Å². The van der Waals surface area contributed by atoms with Crippen LogP contribution in [0.2, 0.25) is 5.02 Å². The Hall–Kier alpha value is -1.52. The van der Waals surface area contributed by atoms with Crippen LogP contribution < -0.4 is 9.46 Å². The quantitative estimate of drug-likeness (QED) is 0.741. The maximum absolute atomic E-state index is 14.3. The molecule has 0 bridgehead atoms. The number of ether oxygens (including phenoxy) is 1. The van der Waals surface area contributed by atoms with Crippen molar-refractivity contribution in [2.75, 3.05) is 19.7 Å². The predicted molar refractivity (Wildman–Crippen MR) is 94.1 cm³/mol. The van der Waals surface area contributed by atoms with Crippen LogP contribution in [0.25, 0.3) is 0 Å². The molecular weight excluding hydrogens is 421 g/mol. The number of benzene rings is 1. The summed E-state index contributed by atoms with van der Waals surface area (Å²) < 4.78 is 73.0. The lowest BCUT2D eigenvalue weighted by atomic mass is 10.0. The van der Waals surface area contributed by atoms with Crippen molar-refractivity contribution >= 4 is 27.7 Å². The van der Waals surface area contributed by atoms with Gasteiger partial charge < -0.3 is 4.74 Å². The molecule has 0 radical (unpaired) electrons. The minimum absolute atomic E-state index is 0.0198. The Kier molecular flexibility index (Phi) is 4.79. The van der Waals surface area contributed by atoms with Crippen molar-refractivity contribution in [2.45, 2.75) is 25.2 Å². The summed E-state index contributed by atoms with van der Waals surface area (Å²) in [7, 11) is -4.01. The Morgan fingerprint density at radius 2 is 1.93 bits per heavy atom. The van der Waals surface area contributed by atoms with Crippen LogP contribution >= 0.6 is 11.6 Å². The summed E-state index contributed by atoms with van der Waals surface area (Å²) in [5, 5.41) is -0.0682. The molecule has 11 heteroatoms. The molecule has 2 atom stereocenters. The number of fused-ring (bicyclic) bond motifs is 1. The lowest BCUT2D eigenvalue weighted by Crippen LogP contribution is -2.49. The third kappa shape index (κ3) is 3.46. The molecule has 1 amide bonds. The monoisotopic (exact) mass is 438 g/mol. The Morgan fingerprint density at radius 3 is 2.50 bits per heavy atom. The molecule has 1 N–H and O–H groups in total. The van der Waals surface area contributed by atoms with Crippen LogP contribution in [0.4, 0.5) is 13.2 Å². The average molecular weight is 439 g/mol. The van der Waals surface area contributed by atoms with Gasteiger partial charge in [-0.3, -0.25) is 4.79 Å². The van der Waals surface area contributed by atoms with E-state index in [4.69, 9.17) is 16.3 Å². The van der Waals surface area contributed by atoms with E-state index in [0.717, 1.165) is 16.4 Å². The average Bonchev–Trinajstić information content (AvgIpc) is 2.91. The highest BCUT2D eigenvalue weighted by atomic mass is 35.5. The predicted octanol–water partition coefficient (Wildman–Crippen LogP) is 2.83. The van der Waals surface area contributed by atoms with Crippen molar-refractivity contribution in [3.8, 4) is 5.75 Å². The number of nitrogens with zero attached hydrogens (tertiary/aromatic N) is 1. The van der Waals surface area contributed by atoms with E-state index in [9.17, 15) is 26.4 Å². The maximum Gasteiger partial charge on any atom is 0.304 e. The molecule has 1 aromatic rings. The first kappa shape index (κ1) is 19.8. The fourth-order valence-electron chi connectivity index (χ4n) is 3.84. The minimum atomic E-state index is -4.01.